The molecule has 0 aliphatic rings. The monoisotopic (exact) mass is 372 g/mol. The molecule has 0 aliphatic carbocycles. The molecule has 8 heteroatoms. The summed E-state index contributed by atoms with van der Waals surface area (Å²) in [6.45, 7) is 0.941. The number of hydrogen-bond acceptors (Lipinski definition) is 5. The summed E-state index contributed by atoms with van der Waals surface area (Å²) in [7, 11) is 0. The molecular weight excluding hydrogens is 348 g/mol. The van der Waals surface area contributed by atoms with Crippen LogP contribution in [0.1, 0.15) is 18.4 Å². The fourth-order valence-electron chi connectivity index (χ4n) is 2.60. The Morgan fingerprint density at radius 3 is 2.37 bits per heavy atom. The molecule has 144 valence electrons. The van der Waals surface area contributed by atoms with Gasteiger partial charge in [0.25, 0.3) is 0 Å². The van der Waals surface area contributed by atoms with Crippen LogP contribution in [0.3, 0.4) is 0 Å². The molecule has 0 spiro atoms. The number of unbranched alkanes of at least 4 members (excludes halogenated alkanes) is 1. The van der Waals surface area contributed by atoms with Gasteiger partial charge in [-0.25, -0.2) is 4.79 Å². The number of carbonyl (C=O) groups excluding carboxylic acids is 3. The van der Waals surface area contributed by atoms with Gasteiger partial charge >= 0.3 is 6.03 Å². The SMILES string of the molecule is NCC(=O)NCCCCOc1cc2ccccc2cc1CC(=O)NC(N)=O. The van der Waals surface area contributed by atoms with Gasteiger partial charge in [-0.3, -0.25) is 14.9 Å². The van der Waals surface area contributed by atoms with Gasteiger partial charge in [0.05, 0.1) is 19.6 Å². The highest BCUT2D eigenvalue weighted by atomic mass is 16.5. The third kappa shape index (κ3) is 6.59. The van der Waals surface area contributed by atoms with E-state index in [1.807, 2.05) is 36.4 Å². The van der Waals surface area contributed by atoms with Crippen molar-refractivity contribution < 1.29 is 19.1 Å². The summed E-state index contributed by atoms with van der Waals surface area (Å²) in [5.74, 6) is -0.0976. The van der Waals surface area contributed by atoms with Gasteiger partial charge in [-0.05, 0) is 35.7 Å². The van der Waals surface area contributed by atoms with E-state index in [2.05, 4.69) is 10.6 Å². The molecule has 2 aromatic carbocycles. The fourth-order valence-corrected chi connectivity index (χ4v) is 2.60. The molecule has 0 fully saturated rings. The van der Waals surface area contributed by atoms with Crippen LogP contribution in [0.4, 0.5) is 4.79 Å². The van der Waals surface area contributed by atoms with Crippen molar-refractivity contribution in [2.24, 2.45) is 11.5 Å². The van der Waals surface area contributed by atoms with E-state index in [0.717, 1.165) is 23.6 Å². The van der Waals surface area contributed by atoms with Gasteiger partial charge < -0.3 is 21.5 Å². The number of ether oxygens (including phenoxy) is 1. The Morgan fingerprint density at radius 2 is 1.70 bits per heavy atom. The number of benzene rings is 2. The van der Waals surface area contributed by atoms with Crippen LogP contribution in [0.2, 0.25) is 0 Å². The van der Waals surface area contributed by atoms with Gasteiger partial charge in [-0.15, -0.1) is 0 Å². The lowest BCUT2D eigenvalue weighted by Gasteiger charge is -2.13. The van der Waals surface area contributed by atoms with Crippen molar-refractivity contribution in [2.45, 2.75) is 19.3 Å². The third-order valence-electron chi connectivity index (χ3n) is 3.88. The number of nitrogens with one attached hydrogen (secondary N) is 2. The van der Waals surface area contributed by atoms with Crippen molar-refractivity contribution in [1.29, 1.82) is 0 Å². The molecule has 0 radical (unpaired) electrons. The summed E-state index contributed by atoms with van der Waals surface area (Å²) in [4.78, 5) is 33.8. The van der Waals surface area contributed by atoms with Gasteiger partial charge in [0.2, 0.25) is 11.8 Å². The number of urea groups is 1. The first-order chi connectivity index (χ1) is 13.0. The molecule has 0 aliphatic heterocycles. The quantitative estimate of drug-likeness (QED) is 0.483. The largest absolute Gasteiger partial charge is 0.493 e. The molecule has 8 nitrogen and oxygen atoms in total. The lowest BCUT2D eigenvalue weighted by molar-refractivity contribution is -0.120. The van der Waals surface area contributed by atoms with Crippen LogP contribution in [0.25, 0.3) is 10.8 Å². The summed E-state index contributed by atoms with van der Waals surface area (Å²) >= 11 is 0. The highest BCUT2D eigenvalue weighted by Crippen LogP contribution is 2.27. The van der Waals surface area contributed by atoms with Crippen LogP contribution in [0, 0.1) is 0 Å². The van der Waals surface area contributed by atoms with Crippen LogP contribution in [-0.4, -0.2) is 37.5 Å². The normalized spacial score (nSPS) is 10.4. The Balaban J connectivity index is 2.01. The smallest absolute Gasteiger partial charge is 0.318 e. The highest BCUT2D eigenvalue weighted by Gasteiger charge is 2.12. The van der Waals surface area contributed by atoms with Crippen molar-refractivity contribution in [3.63, 3.8) is 0 Å². The Morgan fingerprint density at radius 1 is 1.00 bits per heavy atom. The second-order valence-electron chi connectivity index (χ2n) is 6.01. The zero-order chi connectivity index (χ0) is 19.6. The van der Waals surface area contributed by atoms with E-state index in [0.29, 0.717) is 24.5 Å². The second kappa shape index (κ2) is 10.1. The molecule has 6 N–H and O–H groups in total. The molecule has 0 heterocycles. The van der Waals surface area contributed by atoms with E-state index in [9.17, 15) is 14.4 Å². The van der Waals surface area contributed by atoms with Crippen molar-refractivity contribution in [2.75, 3.05) is 19.7 Å². The van der Waals surface area contributed by atoms with Crippen LogP contribution in [-0.2, 0) is 16.0 Å². The zero-order valence-corrected chi connectivity index (χ0v) is 15.0. The Hall–Kier alpha value is -3.13. The van der Waals surface area contributed by atoms with Crippen LogP contribution in [0.5, 0.6) is 5.75 Å². The first kappa shape index (κ1) is 20.2. The van der Waals surface area contributed by atoms with E-state index in [-0.39, 0.29) is 18.9 Å². The van der Waals surface area contributed by atoms with Crippen LogP contribution in [0.15, 0.2) is 36.4 Å². The zero-order valence-electron chi connectivity index (χ0n) is 15.0. The molecular formula is C19H24N4O4. The van der Waals surface area contributed by atoms with E-state index in [1.54, 1.807) is 0 Å². The highest BCUT2D eigenvalue weighted by molar-refractivity contribution is 5.95. The molecule has 2 aromatic rings. The minimum Gasteiger partial charge on any atom is -0.493 e. The first-order valence-corrected chi connectivity index (χ1v) is 8.70. The Kier molecular flexibility index (Phi) is 7.57. The van der Waals surface area contributed by atoms with Crippen molar-refractivity contribution in [1.82, 2.24) is 10.6 Å². The lowest BCUT2D eigenvalue weighted by atomic mass is 10.0. The molecule has 0 aromatic heterocycles. The predicted octanol–water partition coefficient (Wildman–Crippen LogP) is 0.811. The maximum atomic E-state index is 11.9. The van der Waals surface area contributed by atoms with Gasteiger partial charge in [0.1, 0.15) is 5.75 Å². The number of carbonyl (C=O) groups is 3. The average molecular weight is 372 g/mol. The third-order valence-corrected chi connectivity index (χ3v) is 3.88. The molecule has 2 rings (SSSR count). The predicted molar refractivity (Wildman–Crippen MR) is 102 cm³/mol. The van der Waals surface area contributed by atoms with Gasteiger partial charge in [0, 0.05) is 12.1 Å². The van der Waals surface area contributed by atoms with Crippen LogP contribution >= 0.6 is 0 Å². The number of imide groups is 1. The number of amides is 4. The summed E-state index contributed by atoms with van der Waals surface area (Å²) in [5.41, 5.74) is 10.9. The minimum atomic E-state index is -0.886. The van der Waals surface area contributed by atoms with Crippen molar-refractivity contribution in [3.8, 4) is 5.75 Å². The maximum absolute atomic E-state index is 11.9. The Labute approximate surface area is 157 Å². The number of primary amides is 1. The molecule has 0 atom stereocenters. The molecule has 27 heavy (non-hydrogen) atoms. The summed E-state index contributed by atoms with van der Waals surface area (Å²) < 4.78 is 5.85. The number of rotatable bonds is 9. The summed E-state index contributed by atoms with van der Waals surface area (Å²) in [5, 5.41) is 6.71. The average Bonchev–Trinajstić information content (AvgIpc) is 2.63. The molecule has 4 amide bonds. The summed E-state index contributed by atoms with van der Waals surface area (Å²) in [6.07, 6.45) is 1.46. The molecule has 0 saturated carbocycles. The molecule has 0 unspecified atom stereocenters. The minimum absolute atomic E-state index is 0.0182. The molecule has 0 bridgehead atoms. The van der Waals surface area contributed by atoms with E-state index >= 15 is 0 Å². The van der Waals surface area contributed by atoms with Gasteiger partial charge in [0.15, 0.2) is 0 Å². The van der Waals surface area contributed by atoms with Crippen molar-refractivity contribution in [3.05, 3.63) is 42.0 Å². The number of hydrogen-bond donors (Lipinski definition) is 4. The van der Waals surface area contributed by atoms with Gasteiger partial charge in [-0.2, -0.15) is 0 Å². The first-order valence-electron chi connectivity index (χ1n) is 8.70. The topological polar surface area (TPSA) is 137 Å². The van der Waals surface area contributed by atoms with Gasteiger partial charge in [-0.1, -0.05) is 24.3 Å². The summed E-state index contributed by atoms with van der Waals surface area (Å²) in [6, 6.07) is 10.6. The number of fused-ring (bicyclic) bond motifs is 1. The second-order valence-corrected chi connectivity index (χ2v) is 6.01. The maximum Gasteiger partial charge on any atom is 0.318 e. The van der Waals surface area contributed by atoms with Crippen molar-refractivity contribution >= 4 is 28.6 Å². The standard InChI is InChI=1S/C19H24N4O4/c20-12-18(25)22-7-3-4-8-27-16-10-14-6-2-1-5-13(14)9-15(16)11-17(24)23-19(21)26/h1-2,5-6,9-10H,3-4,7-8,11-12,20H2,(H,22,25)(H3,21,23,24,26). The van der Waals surface area contributed by atoms with Crippen LogP contribution < -0.4 is 26.8 Å². The van der Waals surface area contributed by atoms with E-state index in [4.69, 9.17) is 16.2 Å². The van der Waals surface area contributed by atoms with E-state index < -0.39 is 11.9 Å². The number of nitrogens with two attached hydrogens (primary N) is 2. The fraction of sp³-hybridized carbons (Fsp3) is 0.316. The molecule has 0 saturated heterocycles. The Bertz CT molecular complexity index is 822. The van der Waals surface area contributed by atoms with E-state index in [1.165, 1.54) is 0 Å². The lowest BCUT2D eigenvalue weighted by Crippen LogP contribution is -2.36.